The second-order valence-corrected chi connectivity index (χ2v) is 7.42. The average Bonchev–Trinajstić information content (AvgIpc) is 2.46. The highest BCUT2D eigenvalue weighted by molar-refractivity contribution is 5.76. The van der Waals surface area contributed by atoms with Crippen LogP contribution in [0, 0.1) is 23.2 Å². The predicted molar refractivity (Wildman–Crippen MR) is 84.9 cm³/mol. The number of allylic oxidation sites excluding steroid dienone is 6. The summed E-state index contributed by atoms with van der Waals surface area (Å²) in [4.78, 5) is 11.8. The molecule has 0 saturated carbocycles. The maximum absolute atomic E-state index is 11.8. The van der Waals surface area contributed by atoms with Gasteiger partial charge in [-0.05, 0) is 56.4 Å². The second kappa shape index (κ2) is 5.15. The fraction of sp³-hybridized carbons (Fsp3) is 0.632. The van der Waals surface area contributed by atoms with Crippen molar-refractivity contribution >= 4 is 5.97 Å². The van der Waals surface area contributed by atoms with Crippen molar-refractivity contribution in [1.82, 2.24) is 0 Å². The van der Waals surface area contributed by atoms with Crippen molar-refractivity contribution < 1.29 is 9.90 Å². The van der Waals surface area contributed by atoms with E-state index in [9.17, 15) is 9.90 Å². The van der Waals surface area contributed by atoms with Crippen molar-refractivity contribution in [2.45, 2.75) is 52.9 Å². The van der Waals surface area contributed by atoms with Gasteiger partial charge in [0.1, 0.15) is 0 Å². The van der Waals surface area contributed by atoms with Gasteiger partial charge in [0.05, 0.1) is 5.41 Å². The maximum Gasteiger partial charge on any atom is 0.309 e. The fourth-order valence-electron chi connectivity index (χ4n) is 4.39. The molecule has 21 heavy (non-hydrogen) atoms. The number of aliphatic carboxylic acids is 1. The molecule has 0 bridgehead atoms. The van der Waals surface area contributed by atoms with Gasteiger partial charge in [-0.15, -0.1) is 0 Å². The SMILES string of the molecule is CC(C)C1=CC2=CCC3C(=CCCC3(C)C(=O)O)C2CC1. The van der Waals surface area contributed by atoms with Gasteiger partial charge in [-0.25, -0.2) is 0 Å². The summed E-state index contributed by atoms with van der Waals surface area (Å²) in [6.07, 6.45) is 12.0. The third-order valence-electron chi connectivity index (χ3n) is 5.91. The summed E-state index contributed by atoms with van der Waals surface area (Å²) in [6, 6.07) is 0. The van der Waals surface area contributed by atoms with E-state index in [-0.39, 0.29) is 5.92 Å². The molecule has 0 aromatic carbocycles. The van der Waals surface area contributed by atoms with E-state index in [1.54, 1.807) is 5.57 Å². The van der Waals surface area contributed by atoms with Gasteiger partial charge < -0.3 is 5.11 Å². The molecule has 1 N–H and O–H groups in total. The van der Waals surface area contributed by atoms with Gasteiger partial charge in [-0.3, -0.25) is 4.79 Å². The van der Waals surface area contributed by atoms with Crippen LogP contribution in [0.5, 0.6) is 0 Å². The van der Waals surface area contributed by atoms with Gasteiger partial charge >= 0.3 is 5.97 Å². The zero-order valence-electron chi connectivity index (χ0n) is 13.4. The van der Waals surface area contributed by atoms with Gasteiger partial charge in [-0.1, -0.05) is 43.2 Å². The summed E-state index contributed by atoms with van der Waals surface area (Å²) in [7, 11) is 0. The molecule has 0 amide bonds. The minimum Gasteiger partial charge on any atom is -0.481 e. The molecular weight excluding hydrogens is 260 g/mol. The minimum absolute atomic E-state index is 0.200. The van der Waals surface area contributed by atoms with Crippen LogP contribution < -0.4 is 0 Å². The molecule has 3 aliphatic carbocycles. The lowest BCUT2D eigenvalue weighted by Gasteiger charge is -2.45. The lowest BCUT2D eigenvalue weighted by Crippen LogP contribution is -2.42. The highest BCUT2D eigenvalue weighted by Gasteiger charge is 2.47. The smallest absolute Gasteiger partial charge is 0.309 e. The molecule has 0 spiro atoms. The first-order chi connectivity index (χ1) is 9.93. The maximum atomic E-state index is 11.8. The van der Waals surface area contributed by atoms with Crippen LogP contribution >= 0.6 is 0 Å². The van der Waals surface area contributed by atoms with Crippen LogP contribution in [0.2, 0.25) is 0 Å². The molecule has 3 atom stereocenters. The van der Waals surface area contributed by atoms with E-state index in [4.69, 9.17) is 0 Å². The van der Waals surface area contributed by atoms with Gasteiger partial charge in [-0.2, -0.15) is 0 Å². The Bertz CT molecular complexity index is 550. The van der Waals surface area contributed by atoms with Crippen LogP contribution in [0.1, 0.15) is 52.9 Å². The van der Waals surface area contributed by atoms with E-state index in [0.29, 0.717) is 11.8 Å². The first-order valence-corrected chi connectivity index (χ1v) is 8.27. The normalized spacial score (nSPS) is 35.3. The van der Waals surface area contributed by atoms with Crippen LogP contribution in [-0.4, -0.2) is 11.1 Å². The molecule has 0 heterocycles. The molecule has 0 aromatic rings. The van der Waals surface area contributed by atoms with Gasteiger partial charge in [0.25, 0.3) is 0 Å². The number of carboxylic acid groups (broad SMARTS) is 1. The second-order valence-electron chi connectivity index (χ2n) is 7.42. The third-order valence-corrected chi connectivity index (χ3v) is 5.91. The zero-order valence-corrected chi connectivity index (χ0v) is 13.4. The minimum atomic E-state index is -0.621. The Morgan fingerprint density at radius 2 is 2.14 bits per heavy atom. The molecule has 3 unspecified atom stereocenters. The predicted octanol–water partition coefficient (Wildman–Crippen LogP) is 4.74. The van der Waals surface area contributed by atoms with Crippen molar-refractivity contribution in [3.63, 3.8) is 0 Å². The number of hydrogen-bond donors (Lipinski definition) is 1. The van der Waals surface area contributed by atoms with Crippen molar-refractivity contribution in [2.24, 2.45) is 23.2 Å². The number of rotatable bonds is 2. The van der Waals surface area contributed by atoms with Crippen LogP contribution in [0.4, 0.5) is 0 Å². The van der Waals surface area contributed by atoms with Gasteiger partial charge in [0, 0.05) is 5.92 Å². The standard InChI is InChI=1S/C19H26O2/c1-12(2)13-6-8-15-14(11-13)7-9-17-16(15)5-4-10-19(17,3)18(20)21/h5,7,11-12,15,17H,4,6,8-10H2,1-3H3,(H,20,21). The number of hydrogen-bond acceptors (Lipinski definition) is 1. The van der Waals surface area contributed by atoms with E-state index in [1.165, 1.54) is 11.1 Å². The Morgan fingerprint density at radius 1 is 1.38 bits per heavy atom. The lowest BCUT2D eigenvalue weighted by atomic mass is 9.58. The molecule has 2 heteroatoms. The Labute approximate surface area is 127 Å². The highest BCUT2D eigenvalue weighted by atomic mass is 16.4. The Morgan fingerprint density at radius 3 is 2.81 bits per heavy atom. The van der Waals surface area contributed by atoms with E-state index in [2.05, 4.69) is 32.1 Å². The van der Waals surface area contributed by atoms with Crippen LogP contribution in [-0.2, 0) is 4.79 Å². The van der Waals surface area contributed by atoms with Crippen LogP contribution in [0.15, 0.2) is 34.9 Å². The Kier molecular flexibility index (Phi) is 3.59. The van der Waals surface area contributed by atoms with Crippen LogP contribution in [0.3, 0.4) is 0 Å². The van der Waals surface area contributed by atoms with Gasteiger partial charge in [0.2, 0.25) is 0 Å². The monoisotopic (exact) mass is 286 g/mol. The molecule has 114 valence electrons. The third kappa shape index (κ3) is 2.29. The first kappa shape index (κ1) is 14.6. The molecule has 3 rings (SSSR count). The molecule has 2 nitrogen and oxygen atoms in total. The van der Waals surface area contributed by atoms with Gasteiger partial charge in [0.15, 0.2) is 0 Å². The highest BCUT2D eigenvalue weighted by Crippen LogP contribution is 2.52. The van der Waals surface area contributed by atoms with E-state index >= 15 is 0 Å². The van der Waals surface area contributed by atoms with Crippen LogP contribution in [0.25, 0.3) is 0 Å². The fourth-order valence-corrected chi connectivity index (χ4v) is 4.39. The topological polar surface area (TPSA) is 37.3 Å². The quantitative estimate of drug-likeness (QED) is 0.745. The molecule has 0 radical (unpaired) electrons. The molecule has 0 aromatic heterocycles. The zero-order chi connectivity index (χ0) is 15.2. The molecule has 0 aliphatic heterocycles. The summed E-state index contributed by atoms with van der Waals surface area (Å²) in [5.74, 6) is 0.676. The van der Waals surface area contributed by atoms with Crippen molar-refractivity contribution in [1.29, 1.82) is 0 Å². The Hall–Kier alpha value is -1.31. The summed E-state index contributed by atoms with van der Waals surface area (Å²) < 4.78 is 0. The van der Waals surface area contributed by atoms with E-state index in [0.717, 1.165) is 32.1 Å². The summed E-state index contributed by atoms with van der Waals surface area (Å²) in [6.45, 7) is 6.48. The van der Waals surface area contributed by atoms with Crippen molar-refractivity contribution in [3.05, 3.63) is 34.9 Å². The van der Waals surface area contributed by atoms with Crippen molar-refractivity contribution in [2.75, 3.05) is 0 Å². The summed E-state index contributed by atoms with van der Waals surface area (Å²) in [5.41, 5.74) is 3.84. The molecule has 3 aliphatic rings. The molecule has 0 fully saturated rings. The van der Waals surface area contributed by atoms with Crippen molar-refractivity contribution in [3.8, 4) is 0 Å². The number of carbonyl (C=O) groups is 1. The lowest BCUT2D eigenvalue weighted by molar-refractivity contribution is -0.151. The average molecular weight is 286 g/mol. The van der Waals surface area contributed by atoms with E-state index < -0.39 is 11.4 Å². The largest absolute Gasteiger partial charge is 0.481 e. The number of carboxylic acids is 1. The summed E-state index contributed by atoms with van der Waals surface area (Å²) in [5, 5.41) is 9.69. The summed E-state index contributed by atoms with van der Waals surface area (Å²) >= 11 is 0. The number of fused-ring (bicyclic) bond motifs is 3. The first-order valence-electron chi connectivity index (χ1n) is 8.27. The molecule has 0 saturated heterocycles. The van der Waals surface area contributed by atoms with E-state index in [1.807, 2.05) is 6.92 Å². The Balaban J connectivity index is 1.96. The molecular formula is C19H26O2.